The van der Waals surface area contributed by atoms with Crippen molar-refractivity contribution in [3.8, 4) is 0 Å². The zero-order valence-electron chi connectivity index (χ0n) is 10.6. The number of hydrogen-bond donors (Lipinski definition) is 1. The van der Waals surface area contributed by atoms with Crippen LogP contribution in [0.1, 0.15) is 31.0 Å². The maximum atomic E-state index is 13.4. The van der Waals surface area contributed by atoms with Gasteiger partial charge in [-0.15, -0.1) is 0 Å². The highest BCUT2D eigenvalue weighted by atomic mass is 19.1. The summed E-state index contributed by atoms with van der Waals surface area (Å²) in [5.41, 5.74) is 1.42. The van der Waals surface area contributed by atoms with E-state index in [0.717, 1.165) is 5.56 Å². The third kappa shape index (κ3) is 3.53. The van der Waals surface area contributed by atoms with Gasteiger partial charge in [0, 0.05) is 6.04 Å². The average molecular weight is 239 g/mol. The van der Waals surface area contributed by atoms with E-state index >= 15 is 0 Å². The summed E-state index contributed by atoms with van der Waals surface area (Å²) < 4.78 is 18.0. The van der Waals surface area contributed by atoms with Crippen molar-refractivity contribution in [3.05, 3.63) is 35.1 Å². The Labute approximate surface area is 101 Å². The Morgan fingerprint density at radius 2 is 2.06 bits per heavy atom. The molecule has 1 aromatic carbocycles. The minimum atomic E-state index is -0.417. The fourth-order valence-corrected chi connectivity index (χ4v) is 1.59. The fraction of sp³-hybridized carbons (Fsp3) is 0.462. The largest absolute Gasteiger partial charge is 0.468 e. The van der Waals surface area contributed by atoms with Crippen LogP contribution >= 0.6 is 0 Å². The van der Waals surface area contributed by atoms with Crippen LogP contribution in [0, 0.1) is 12.7 Å². The number of nitrogens with one attached hydrogen (secondary N) is 1. The van der Waals surface area contributed by atoms with E-state index in [4.69, 9.17) is 0 Å². The molecular formula is C13H18FNO2. The Hall–Kier alpha value is -1.42. The van der Waals surface area contributed by atoms with Crippen molar-refractivity contribution < 1.29 is 13.9 Å². The normalized spacial score (nSPS) is 14.2. The summed E-state index contributed by atoms with van der Waals surface area (Å²) in [7, 11) is 1.34. The van der Waals surface area contributed by atoms with Gasteiger partial charge >= 0.3 is 5.97 Å². The van der Waals surface area contributed by atoms with Crippen LogP contribution in [0.15, 0.2) is 18.2 Å². The van der Waals surface area contributed by atoms with Crippen LogP contribution in [0.4, 0.5) is 4.39 Å². The molecule has 94 valence electrons. The molecular weight excluding hydrogens is 221 g/mol. The maximum Gasteiger partial charge on any atom is 0.322 e. The van der Waals surface area contributed by atoms with E-state index in [1.807, 2.05) is 13.0 Å². The van der Waals surface area contributed by atoms with Gasteiger partial charge in [-0.05, 0) is 38.0 Å². The first-order chi connectivity index (χ1) is 7.95. The molecule has 1 N–H and O–H groups in total. The zero-order chi connectivity index (χ0) is 13.0. The topological polar surface area (TPSA) is 38.3 Å². The number of carbonyl (C=O) groups excluding carboxylic acids is 1. The summed E-state index contributed by atoms with van der Waals surface area (Å²) in [6.07, 6.45) is 0. The molecule has 0 saturated carbocycles. The molecule has 0 aromatic heterocycles. The molecule has 0 amide bonds. The molecule has 17 heavy (non-hydrogen) atoms. The van der Waals surface area contributed by atoms with E-state index in [1.54, 1.807) is 19.9 Å². The lowest BCUT2D eigenvalue weighted by Gasteiger charge is -2.18. The first-order valence-corrected chi connectivity index (χ1v) is 5.55. The van der Waals surface area contributed by atoms with Crippen LogP contribution in [0.3, 0.4) is 0 Å². The minimum Gasteiger partial charge on any atom is -0.468 e. The second-order valence-electron chi connectivity index (χ2n) is 4.14. The van der Waals surface area contributed by atoms with Crippen molar-refractivity contribution in [2.45, 2.75) is 32.9 Å². The number of hydrogen-bond acceptors (Lipinski definition) is 3. The molecule has 2 unspecified atom stereocenters. The first kappa shape index (κ1) is 13.6. The Morgan fingerprint density at radius 3 is 2.59 bits per heavy atom. The molecule has 1 aromatic rings. The molecule has 2 atom stereocenters. The van der Waals surface area contributed by atoms with Crippen LogP contribution in [0.2, 0.25) is 0 Å². The van der Waals surface area contributed by atoms with Gasteiger partial charge in [-0.1, -0.05) is 12.1 Å². The van der Waals surface area contributed by atoms with Gasteiger partial charge in [0.15, 0.2) is 0 Å². The lowest BCUT2D eigenvalue weighted by atomic mass is 10.1. The molecule has 0 heterocycles. The summed E-state index contributed by atoms with van der Waals surface area (Å²) in [6.45, 7) is 5.31. The molecule has 0 radical (unpaired) electrons. The fourth-order valence-electron chi connectivity index (χ4n) is 1.59. The van der Waals surface area contributed by atoms with Crippen molar-refractivity contribution in [1.29, 1.82) is 0 Å². The third-order valence-electron chi connectivity index (χ3n) is 2.75. The van der Waals surface area contributed by atoms with E-state index < -0.39 is 6.04 Å². The van der Waals surface area contributed by atoms with Crippen LogP contribution in [0.25, 0.3) is 0 Å². The lowest BCUT2D eigenvalue weighted by Crippen LogP contribution is -2.36. The van der Waals surface area contributed by atoms with Gasteiger partial charge in [0.2, 0.25) is 0 Å². The molecule has 1 rings (SSSR count). The Kier molecular flexibility index (Phi) is 4.63. The van der Waals surface area contributed by atoms with Crippen LogP contribution in [0.5, 0.6) is 0 Å². The number of halogens is 1. The van der Waals surface area contributed by atoms with Gasteiger partial charge in [-0.25, -0.2) is 4.39 Å². The van der Waals surface area contributed by atoms with Gasteiger partial charge in [0.05, 0.1) is 7.11 Å². The highest BCUT2D eigenvalue weighted by Crippen LogP contribution is 2.16. The van der Waals surface area contributed by atoms with E-state index in [2.05, 4.69) is 10.1 Å². The monoisotopic (exact) mass is 239 g/mol. The smallest absolute Gasteiger partial charge is 0.322 e. The zero-order valence-corrected chi connectivity index (χ0v) is 10.6. The molecule has 0 aliphatic heterocycles. The van der Waals surface area contributed by atoms with Crippen molar-refractivity contribution in [1.82, 2.24) is 5.32 Å². The third-order valence-corrected chi connectivity index (χ3v) is 2.75. The van der Waals surface area contributed by atoms with Crippen molar-refractivity contribution in [2.75, 3.05) is 7.11 Å². The second kappa shape index (κ2) is 5.77. The van der Waals surface area contributed by atoms with Gasteiger partial charge in [-0.2, -0.15) is 0 Å². The molecule has 0 aliphatic rings. The van der Waals surface area contributed by atoms with E-state index in [9.17, 15) is 9.18 Å². The van der Waals surface area contributed by atoms with Crippen molar-refractivity contribution in [2.24, 2.45) is 0 Å². The van der Waals surface area contributed by atoms with E-state index in [-0.39, 0.29) is 17.8 Å². The van der Waals surface area contributed by atoms with Crippen molar-refractivity contribution >= 4 is 5.97 Å². The molecule has 0 spiro atoms. The lowest BCUT2D eigenvalue weighted by molar-refractivity contribution is -0.142. The summed E-state index contributed by atoms with van der Waals surface area (Å²) in [6, 6.07) is 4.53. The number of ether oxygens (including phenoxy) is 1. The second-order valence-corrected chi connectivity index (χ2v) is 4.14. The molecule has 0 bridgehead atoms. The number of rotatable bonds is 4. The summed E-state index contributed by atoms with van der Waals surface area (Å²) >= 11 is 0. The Bertz CT molecular complexity index is 406. The minimum absolute atomic E-state index is 0.112. The molecule has 4 heteroatoms. The van der Waals surface area contributed by atoms with Crippen LogP contribution in [-0.4, -0.2) is 19.1 Å². The van der Waals surface area contributed by atoms with Crippen LogP contribution < -0.4 is 5.32 Å². The number of aryl methyl sites for hydroxylation is 1. The summed E-state index contributed by atoms with van der Waals surface area (Å²) in [4.78, 5) is 11.2. The van der Waals surface area contributed by atoms with Gasteiger partial charge in [0.25, 0.3) is 0 Å². The number of carbonyl (C=O) groups is 1. The highest BCUT2D eigenvalue weighted by molar-refractivity contribution is 5.75. The van der Waals surface area contributed by atoms with Gasteiger partial charge in [-0.3, -0.25) is 10.1 Å². The predicted molar refractivity (Wildman–Crippen MR) is 64.2 cm³/mol. The van der Waals surface area contributed by atoms with Gasteiger partial charge in [0.1, 0.15) is 11.9 Å². The molecule has 0 saturated heterocycles. The standard InChI is InChI=1S/C13H18FNO2/c1-8-5-6-11(7-12(8)14)9(2)15-10(3)13(16)17-4/h5-7,9-10,15H,1-4H3. The summed E-state index contributed by atoms with van der Waals surface area (Å²) in [5.74, 6) is -0.564. The van der Waals surface area contributed by atoms with Crippen LogP contribution in [-0.2, 0) is 9.53 Å². The first-order valence-electron chi connectivity index (χ1n) is 5.55. The Morgan fingerprint density at radius 1 is 1.41 bits per heavy atom. The van der Waals surface area contributed by atoms with Crippen molar-refractivity contribution in [3.63, 3.8) is 0 Å². The molecule has 0 aliphatic carbocycles. The van der Waals surface area contributed by atoms with Gasteiger partial charge < -0.3 is 4.74 Å². The SMILES string of the molecule is COC(=O)C(C)NC(C)c1ccc(C)c(F)c1. The average Bonchev–Trinajstić information content (AvgIpc) is 2.31. The van der Waals surface area contributed by atoms with E-state index in [1.165, 1.54) is 13.2 Å². The Balaban J connectivity index is 2.72. The quantitative estimate of drug-likeness (QED) is 0.820. The number of benzene rings is 1. The predicted octanol–water partition coefficient (Wildman–Crippen LogP) is 2.35. The maximum absolute atomic E-state index is 13.4. The van der Waals surface area contributed by atoms with E-state index in [0.29, 0.717) is 5.56 Å². The summed E-state index contributed by atoms with van der Waals surface area (Å²) in [5, 5.41) is 3.05. The highest BCUT2D eigenvalue weighted by Gasteiger charge is 2.16. The number of methoxy groups -OCH3 is 1. The number of esters is 1. The molecule has 3 nitrogen and oxygen atoms in total. The molecule has 0 fully saturated rings.